The van der Waals surface area contributed by atoms with Crippen molar-refractivity contribution in [2.45, 2.75) is 0 Å². The van der Waals surface area contributed by atoms with Gasteiger partial charge < -0.3 is 9.84 Å². The minimum absolute atomic E-state index is 0.0906. The zero-order valence-electron chi connectivity index (χ0n) is 10.0. The van der Waals surface area contributed by atoms with Crippen molar-refractivity contribution in [1.82, 2.24) is 4.90 Å². The van der Waals surface area contributed by atoms with Gasteiger partial charge in [-0.15, -0.1) is 6.58 Å². The first-order chi connectivity index (χ1) is 8.63. The number of rotatable bonds is 8. The quantitative estimate of drug-likeness (QED) is 0.717. The number of hydrogen-bond acceptors (Lipinski definition) is 3. The second kappa shape index (κ2) is 7.45. The molecular weight excluding hydrogens is 237 g/mol. The lowest BCUT2D eigenvalue weighted by molar-refractivity contribution is -0.138. The van der Waals surface area contributed by atoms with Gasteiger partial charge in [0, 0.05) is 13.1 Å². The molecular formula is C13H16FNO3. The lowest BCUT2D eigenvalue weighted by atomic mass is 10.3. The molecule has 0 radical (unpaired) electrons. The van der Waals surface area contributed by atoms with Crippen LogP contribution in [0.25, 0.3) is 0 Å². The molecule has 0 atom stereocenters. The summed E-state index contributed by atoms with van der Waals surface area (Å²) < 4.78 is 18.5. The van der Waals surface area contributed by atoms with Gasteiger partial charge in [-0.1, -0.05) is 18.2 Å². The number of hydrogen-bond donors (Lipinski definition) is 1. The number of para-hydroxylation sites is 1. The van der Waals surface area contributed by atoms with Crippen molar-refractivity contribution in [3.8, 4) is 5.75 Å². The molecule has 1 aromatic rings. The molecule has 0 aromatic heterocycles. The van der Waals surface area contributed by atoms with Crippen molar-refractivity contribution in [1.29, 1.82) is 0 Å². The topological polar surface area (TPSA) is 49.8 Å². The Kier molecular flexibility index (Phi) is 5.87. The number of carboxylic acid groups (broad SMARTS) is 1. The van der Waals surface area contributed by atoms with E-state index >= 15 is 0 Å². The average Bonchev–Trinajstić information content (AvgIpc) is 2.31. The molecule has 0 heterocycles. The molecule has 18 heavy (non-hydrogen) atoms. The fourth-order valence-corrected chi connectivity index (χ4v) is 1.46. The highest BCUT2D eigenvalue weighted by Gasteiger charge is 2.08. The van der Waals surface area contributed by atoms with Crippen LogP contribution in [-0.2, 0) is 4.79 Å². The van der Waals surface area contributed by atoms with E-state index in [2.05, 4.69) is 6.58 Å². The van der Waals surface area contributed by atoms with Crippen LogP contribution in [0.4, 0.5) is 4.39 Å². The summed E-state index contributed by atoms with van der Waals surface area (Å²) in [5.41, 5.74) is 0. The molecule has 1 N–H and O–H groups in total. The van der Waals surface area contributed by atoms with Gasteiger partial charge in [0.25, 0.3) is 0 Å². The number of benzene rings is 1. The number of halogens is 1. The van der Waals surface area contributed by atoms with Gasteiger partial charge in [-0.25, -0.2) is 4.39 Å². The third-order valence-corrected chi connectivity index (χ3v) is 2.25. The molecule has 1 aromatic carbocycles. The Labute approximate surface area is 105 Å². The first-order valence-corrected chi connectivity index (χ1v) is 5.56. The maximum atomic E-state index is 13.2. The van der Waals surface area contributed by atoms with Crippen molar-refractivity contribution in [3.63, 3.8) is 0 Å². The fraction of sp³-hybridized carbons (Fsp3) is 0.308. The van der Waals surface area contributed by atoms with Gasteiger partial charge in [-0.2, -0.15) is 0 Å². The minimum atomic E-state index is -0.914. The van der Waals surface area contributed by atoms with Gasteiger partial charge in [0.2, 0.25) is 0 Å². The Bertz CT molecular complexity index is 409. The van der Waals surface area contributed by atoms with Crippen molar-refractivity contribution in [2.24, 2.45) is 0 Å². The molecule has 98 valence electrons. The van der Waals surface area contributed by atoms with Crippen molar-refractivity contribution in [3.05, 3.63) is 42.7 Å². The molecule has 0 saturated carbocycles. The Balaban J connectivity index is 2.41. The number of aliphatic carboxylic acids is 1. The van der Waals surface area contributed by atoms with Crippen LogP contribution in [0, 0.1) is 5.82 Å². The Hall–Kier alpha value is -1.88. The largest absolute Gasteiger partial charge is 0.489 e. The molecule has 0 spiro atoms. The van der Waals surface area contributed by atoms with E-state index in [1.807, 2.05) is 0 Å². The van der Waals surface area contributed by atoms with E-state index in [9.17, 15) is 9.18 Å². The van der Waals surface area contributed by atoms with Crippen LogP contribution in [0.3, 0.4) is 0 Å². The third-order valence-electron chi connectivity index (χ3n) is 2.25. The number of nitrogens with zero attached hydrogens (tertiary/aromatic N) is 1. The van der Waals surface area contributed by atoms with E-state index in [1.165, 1.54) is 12.1 Å². The second-order valence-corrected chi connectivity index (χ2v) is 3.70. The van der Waals surface area contributed by atoms with Crippen molar-refractivity contribution in [2.75, 3.05) is 26.2 Å². The Morgan fingerprint density at radius 1 is 1.50 bits per heavy atom. The molecule has 0 fully saturated rings. The normalized spacial score (nSPS) is 10.3. The van der Waals surface area contributed by atoms with Crippen molar-refractivity contribution < 1.29 is 19.0 Å². The zero-order valence-corrected chi connectivity index (χ0v) is 10.0. The molecule has 4 nitrogen and oxygen atoms in total. The first-order valence-electron chi connectivity index (χ1n) is 5.56. The highest BCUT2D eigenvalue weighted by molar-refractivity contribution is 5.69. The van der Waals surface area contributed by atoms with Crippen molar-refractivity contribution >= 4 is 5.97 Å². The molecule has 0 saturated heterocycles. The molecule has 0 aliphatic heterocycles. The monoisotopic (exact) mass is 253 g/mol. The molecule has 0 unspecified atom stereocenters. The van der Waals surface area contributed by atoms with Gasteiger partial charge in [-0.3, -0.25) is 9.69 Å². The van der Waals surface area contributed by atoms with Crippen LogP contribution in [-0.4, -0.2) is 42.2 Å². The molecule has 0 bridgehead atoms. The van der Waals surface area contributed by atoms with Gasteiger partial charge in [0.15, 0.2) is 11.6 Å². The zero-order chi connectivity index (χ0) is 13.4. The summed E-state index contributed by atoms with van der Waals surface area (Å²) in [6.45, 7) is 4.53. The lowest BCUT2D eigenvalue weighted by Gasteiger charge is -2.18. The van der Waals surface area contributed by atoms with E-state index in [0.717, 1.165) is 0 Å². The van der Waals surface area contributed by atoms with E-state index in [4.69, 9.17) is 9.84 Å². The molecule has 0 amide bonds. The summed E-state index contributed by atoms with van der Waals surface area (Å²) in [4.78, 5) is 12.2. The van der Waals surface area contributed by atoms with Crippen LogP contribution >= 0.6 is 0 Å². The summed E-state index contributed by atoms with van der Waals surface area (Å²) in [5.74, 6) is -1.17. The van der Waals surface area contributed by atoms with Gasteiger partial charge in [0.05, 0.1) is 6.54 Å². The maximum absolute atomic E-state index is 13.2. The van der Waals surface area contributed by atoms with E-state index in [1.54, 1.807) is 23.1 Å². The van der Waals surface area contributed by atoms with Crippen LogP contribution in [0.1, 0.15) is 0 Å². The molecule has 0 aliphatic rings. The second-order valence-electron chi connectivity index (χ2n) is 3.70. The summed E-state index contributed by atoms with van der Waals surface area (Å²) in [5, 5.41) is 8.69. The van der Waals surface area contributed by atoms with Gasteiger partial charge in [0.1, 0.15) is 6.61 Å². The van der Waals surface area contributed by atoms with Crippen LogP contribution in [0.2, 0.25) is 0 Å². The summed E-state index contributed by atoms with van der Waals surface area (Å²) in [6, 6.07) is 6.10. The van der Waals surface area contributed by atoms with E-state index < -0.39 is 11.8 Å². The first kappa shape index (κ1) is 14.2. The Morgan fingerprint density at radius 2 is 2.22 bits per heavy atom. The third kappa shape index (κ3) is 4.97. The predicted octanol–water partition coefficient (Wildman–Crippen LogP) is 1.78. The predicted molar refractivity (Wildman–Crippen MR) is 66.2 cm³/mol. The van der Waals surface area contributed by atoms with E-state index in [0.29, 0.717) is 13.1 Å². The molecule has 5 heteroatoms. The number of ether oxygens (including phenoxy) is 1. The minimum Gasteiger partial charge on any atom is -0.489 e. The Morgan fingerprint density at radius 3 is 2.83 bits per heavy atom. The van der Waals surface area contributed by atoms with E-state index in [-0.39, 0.29) is 18.9 Å². The smallest absolute Gasteiger partial charge is 0.317 e. The highest BCUT2D eigenvalue weighted by Crippen LogP contribution is 2.14. The van der Waals surface area contributed by atoms with Gasteiger partial charge >= 0.3 is 5.97 Å². The summed E-state index contributed by atoms with van der Waals surface area (Å²) >= 11 is 0. The maximum Gasteiger partial charge on any atom is 0.317 e. The van der Waals surface area contributed by atoms with Crippen LogP contribution in [0.15, 0.2) is 36.9 Å². The summed E-state index contributed by atoms with van der Waals surface area (Å²) in [6.07, 6.45) is 1.62. The number of carbonyl (C=O) groups is 1. The molecule has 0 aliphatic carbocycles. The SMILES string of the molecule is C=CCN(CCOc1ccccc1F)CC(=O)O. The fourth-order valence-electron chi connectivity index (χ4n) is 1.46. The van der Waals surface area contributed by atoms with Crippen LogP contribution in [0.5, 0.6) is 5.75 Å². The standard InChI is InChI=1S/C13H16FNO3/c1-2-7-15(10-13(16)17)8-9-18-12-6-4-3-5-11(12)14/h2-6H,1,7-10H2,(H,16,17). The highest BCUT2D eigenvalue weighted by atomic mass is 19.1. The molecule has 1 rings (SSSR count). The van der Waals surface area contributed by atoms with Gasteiger partial charge in [-0.05, 0) is 12.1 Å². The summed E-state index contributed by atoms with van der Waals surface area (Å²) in [7, 11) is 0. The average molecular weight is 253 g/mol. The lowest BCUT2D eigenvalue weighted by Crippen LogP contribution is -2.33. The van der Waals surface area contributed by atoms with Crippen LogP contribution < -0.4 is 4.74 Å². The number of carboxylic acids is 1.